The minimum Gasteiger partial charge on any atom is -0.497 e. The standard InChI is InChI=1S/C14H21N3OS/c1-10(7-8-16(2)3)17-13-9-11(18-4)5-6-12(13)15-14(17)19/h5-6,9-10H,7-8H2,1-4H3,(H,15,19). The molecule has 1 aromatic heterocycles. The van der Waals surface area contributed by atoms with Gasteiger partial charge in [0, 0.05) is 12.1 Å². The van der Waals surface area contributed by atoms with Crippen molar-refractivity contribution in [2.45, 2.75) is 19.4 Å². The number of hydrogen-bond acceptors (Lipinski definition) is 3. The van der Waals surface area contributed by atoms with Gasteiger partial charge in [0.2, 0.25) is 0 Å². The molecule has 4 nitrogen and oxygen atoms in total. The zero-order valence-corrected chi connectivity index (χ0v) is 12.8. The van der Waals surface area contributed by atoms with E-state index in [1.807, 2.05) is 18.2 Å². The summed E-state index contributed by atoms with van der Waals surface area (Å²) in [6.07, 6.45) is 1.06. The Bertz CT molecular complexity index is 615. The summed E-state index contributed by atoms with van der Waals surface area (Å²) in [7, 11) is 5.86. The normalized spacial score (nSPS) is 13.1. The van der Waals surface area contributed by atoms with Crippen LogP contribution in [-0.4, -0.2) is 42.2 Å². The van der Waals surface area contributed by atoms with Crippen molar-refractivity contribution in [2.75, 3.05) is 27.7 Å². The number of aromatic nitrogens is 2. The number of imidazole rings is 1. The van der Waals surface area contributed by atoms with Crippen LogP contribution in [-0.2, 0) is 0 Å². The van der Waals surface area contributed by atoms with Gasteiger partial charge in [0.25, 0.3) is 0 Å². The number of ether oxygens (including phenoxy) is 1. The van der Waals surface area contributed by atoms with Crippen molar-refractivity contribution in [1.29, 1.82) is 0 Å². The zero-order valence-electron chi connectivity index (χ0n) is 11.9. The summed E-state index contributed by atoms with van der Waals surface area (Å²) in [4.78, 5) is 5.45. The van der Waals surface area contributed by atoms with Gasteiger partial charge in [-0.05, 0) is 58.3 Å². The van der Waals surface area contributed by atoms with Crippen molar-refractivity contribution >= 4 is 23.3 Å². The Labute approximate surface area is 119 Å². The first-order chi connectivity index (χ1) is 9.02. The van der Waals surface area contributed by atoms with Crippen LogP contribution in [0, 0.1) is 4.77 Å². The maximum Gasteiger partial charge on any atom is 0.178 e. The molecule has 1 unspecified atom stereocenters. The number of rotatable bonds is 5. The number of nitrogens with zero attached hydrogens (tertiary/aromatic N) is 2. The minimum atomic E-state index is 0.357. The molecule has 2 aromatic rings. The summed E-state index contributed by atoms with van der Waals surface area (Å²) >= 11 is 5.44. The molecule has 0 amide bonds. The van der Waals surface area contributed by atoms with Gasteiger partial charge < -0.3 is 19.2 Å². The quantitative estimate of drug-likeness (QED) is 0.853. The third-order valence-corrected chi connectivity index (χ3v) is 3.66. The molecule has 0 bridgehead atoms. The van der Waals surface area contributed by atoms with E-state index >= 15 is 0 Å². The van der Waals surface area contributed by atoms with Crippen LogP contribution in [0.1, 0.15) is 19.4 Å². The third kappa shape index (κ3) is 2.98. The lowest BCUT2D eigenvalue weighted by atomic mass is 10.2. The fourth-order valence-corrected chi connectivity index (χ4v) is 2.63. The minimum absolute atomic E-state index is 0.357. The Morgan fingerprint density at radius 2 is 2.16 bits per heavy atom. The van der Waals surface area contributed by atoms with E-state index in [0.717, 1.165) is 34.5 Å². The van der Waals surface area contributed by atoms with Gasteiger partial charge >= 0.3 is 0 Å². The predicted molar refractivity (Wildman–Crippen MR) is 81.6 cm³/mol. The van der Waals surface area contributed by atoms with Gasteiger partial charge in [-0.15, -0.1) is 0 Å². The molecule has 1 N–H and O–H groups in total. The molecule has 0 spiro atoms. The second kappa shape index (κ2) is 5.75. The Kier molecular flexibility index (Phi) is 4.27. The molecule has 0 fully saturated rings. The van der Waals surface area contributed by atoms with Crippen molar-refractivity contribution in [1.82, 2.24) is 14.5 Å². The van der Waals surface area contributed by atoms with E-state index in [9.17, 15) is 0 Å². The molecule has 1 atom stereocenters. The molecular weight excluding hydrogens is 258 g/mol. The van der Waals surface area contributed by atoms with Crippen LogP contribution < -0.4 is 4.74 Å². The zero-order chi connectivity index (χ0) is 14.0. The van der Waals surface area contributed by atoms with Crippen molar-refractivity contribution < 1.29 is 4.74 Å². The molecule has 19 heavy (non-hydrogen) atoms. The Morgan fingerprint density at radius 1 is 1.42 bits per heavy atom. The SMILES string of the molecule is COc1ccc2[nH]c(=S)n(C(C)CCN(C)C)c2c1. The van der Waals surface area contributed by atoms with E-state index < -0.39 is 0 Å². The van der Waals surface area contributed by atoms with E-state index in [2.05, 4.69) is 35.5 Å². The maximum atomic E-state index is 5.44. The molecule has 0 saturated carbocycles. The van der Waals surface area contributed by atoms with Crippen LogP contribution in [0.5, 0.6) is 5.75 Å². The van der Waals surface area contributed by atoms with E-state index in [-0.39, 0.29) is 0 Å². The molecule has 0 radical (unpaired) electrons. The van der Waals surface area contributed by atoms with Crippen molar-refractivity contribution in [2.24, 2.45) is 0 Å². The molecule has 1 heterocycles. The molecule has 2 rings (SSSR count). The van der Waals surface area contributed by atoms with Gasteiger partial charge in [0.05, 0.1) is 18.1 Å². The summed E-state index contributed by atoms with van der Waals surface area (Å²) in [5.41, 5.74) is 2.16. The van der Waals surface area contributed by atoms with Crippen LogP contribution in [0.3, 0.4) is 0 Å². The molecule has 1 aromatic carbocycles. The lowest BCUT2D eigenvalue weighted by Gasteiger charge is -2.17. The lowest BCUT2D eigenvalue weighted by Crippen LogP contribution is -2.17. The Balaban J connectivity index is 2.40. The summed E-state index contributed by atoms with van der Waals surface area (Å²) in [5.74, 6) is 0.857. The monoisotopic (exact) mass is 279 g/mol. The van der Waals surface area contributed by atoms with Crippen molar-refractivity contribution in [3.05, 3.63) is 23.0 Å². The number of nitrogens with one attached hydrogen (secondary N) is 1. The lowest BCUT2D eigenvalue weighted by molar-refractivity contribution is 0.359. The van der Waals surface area contributed by atoms with Crippen LogP contribution in [0.4, 0.5) is 0 Å². The summed E-state index contributed by atoms with van der Waals surface area (Å²) in [5, 5.41) is 0. The van der Waals surface area contributed by atoms with E-state index in [1.54, 1.807) is 7.11 Å². The number of methoxy groups -OCH3 is 1. The fraction of sp³-hybridized carbons (Fsp3) is 0.500. The molecule has 0 aliphatic rings. The second-order valence-electron chi connectivity index (χ2n) is 5.12. The second-order valence-corrected chi connectivity index (χ2v) is 5.51. The molecular formula is C14H21N3OS. The van der Waals surface area contributed by atoms with Crippen molar-refractivity contribution in [3.63, 3.8) is 0 Å². The van der Waals surface area contributed by atoms with Crippen LogP contribution in [0.15, 0.2) is 18.2 Å². The number of H-pyrrole nitrogens is 1. The van der Waals surface area contributed by atoms with Crippen LogP contribution in [0.2, 0.25) is 0 Å². The van der Waals surface area contributed by atoms with Gasteiger partial charge in [-0.25, -0.2) is 0 Å². The van der Waals surface area contributed by atoms with Gasteiger partial charge in [-0.2, -0.15) is 0 Å². The predicted octanol–water partition coefficient (Wildman–Crippen LogP) is 3.22. The summed E-state index contributed by atoms with van der Waals surface area (Å²) in [6, 6.07) is 6.35. The summed E-state index contributed by atoms with van der Waals surface area (Å²) in [6.45, 7) is 3.24. The molecule has 0 saturated heterocycles. The first kappa shape index (κ1) is 14.1. The van der Waals surface area contributed by atoms with Gasteiger partial charge in [-0.1, -0.05) is 0 Å². The fourth-order valence-electron chi connectivity index (χ4n) is 2.24. The number of fused-ring (bicyclic) bond motifs is 1. The smallest absolute Gasteiger partial charge is 0.178 e. The maximum absolute atomic E-state index is 5.44. The molecule has 5 heteroatoms. The molecule has 0 aliphatic carbocycles. The number of aromatic amines is 1. The number of benzene rings is 1. The first-order valence-corrected chi connectivity index (χ1v) is 6.86. The van der Waals surface area contributed by atoms with Gasteiger partial charge in [-0.3, -0.25) is 0 Å². The van der Waals surface area contributed by atoms with E-state index in [4.69, 9.17) is 17.0 Å². The average molecular weight is 279 g/mol. The highest BCUT2D eigenvalue weighted by Gasteiger charge is 2.12. The van der Waals surface area contributed by atoms with E-state index in [1.165, 1.54) is 0 Å². The highest BCUT2D eigenvalue weighted by atomic mass is 32.1. The summed E-state index contributed by atoms with van der Waals surface area (Å²) < 4.78 is 8.24. The van der Waals surface area contributed by atoms with E-state index in [0.29, 0.717) is 6.04 Å². The molecule has 104 valence electrons. The Hall–Kier alpha value is -1.33. The largest absolute Gasteiger partial charge is 0.497 e. The first-order valence-electron chi connectivity index (χ1n) is 6.46. The highest BCUT2D eigenvalue weighted by molar-refractivity contribution is 7.71. The van der Waals surface area contributed by atoms with Gasteiger partial charge in [0.15, 0.2) is 4.77 Å². The Morgan fingerprint density at radius 3 is 2.79 bits per heavy atom. The average Bonchev–Trinajstić information content (AvgIpc) is 2.70. The third-order valence-electron chi connectivity index (χ3n) is 3.36. The van der Waals surface area contributed by atoms with Crippen molar-refractivity contribution in [3.8, 4) is 5.75 Å². The highest BCUT2D eigenvalue weighted by Crippen LogP contribution is 2.25. The topological polar surface area (TPSA) is 33.2 Å². The van der Waals surface area contributed by atoms with Crippen LogP contribution in [0.25, 0.3) is 11.0 Å². The van der Waals surface area contributed by atoms with Gasteiger partial charge in [0.1, 0.15) is 5.75 Å². The number of hydrogen-bond donors (Lipinski definition) is 1. The molecule has 0 aliphatic heterocycles. The van der Waals surface area contributed by atoms with Crippen LogP contribution >= 0.6 is 12.2 Å².